The monoisotopic (exact) mass is 399 g/mol. The second-order valence-electron chi connectivity index (χ2n) is 6.68. The van der Waals surface area contributed by atoms with E-state index in [1.807, 2.05) is 78.9 Å². The summed E-state index contributed by atoms with van der Waals surface area (Å²) in [5.41, 5.74) is 9.08. The summed E-state index contributed by atoms with van der Waals surface area (Å²) in [7, 11) is 1.62. The molecule has 0 aromatic heterocycles. The van der Waals surface area contributed by atoms with Crippen molar-refractivity contribution in [3.8, 4) is 11.8 Å². The zero-order valence-electron chi connectivity index (χ0n) is 15.8. The van der Waals surface area contributed by atoms with Gasteiger partial charge in [0.1, 0.15) is 23.1 Å². The molecule has 0 spiro atoms. The molecular formula is C24H18ClN3O. The Bertz CT molecular complexity index is 1140. The maximum Gasteiger partial charge on any atom is 0.139 e. The van der Waals surface area contributed by atoms with E-state index in [0.717, 1.165) is 22.4 Å². The first-order valence-corrected chi connectivity index (χ1v) is 9.44. The van der Waals surface area contributed by atoms with Gasteiger partial charge in [0.25, 0.3) is 0 Å². The second-order valence-corrected chi connectivity index (χ2v) is 7.12. The van der Waals surface area contributed by atoms with Gasteiger partial charge in [-0.05, 0) is 53.1 Å². The van der Waals surface area contributed by atoms with Gasteiger partial charge in [-0.1, -0.05) is 54.1 Å². The van der Waals surface area contributed by atoms with Crippen LogP contribution in [0.4, 0.5) is 0 Å². The summed E-state index contributed by atoms with van der Waals surface area (Å²) in [6.07, 6.45) is 0. The highest BCUT2D eigenvalue weighted by molar-refractivity contribution is 6.30. The highest BCUT2D eigenvalue weighted by Crippen LogP contribution is 2.47. The molecule has 0 aliphatic carbocycles. The first-order chi connectivity index (χ1) is 14.1. The maximum absolute atomic E-state index is 10.1. The zero-order chi connectivity index (χ0) is 20.4. The third-order valence-electron chi connectivity index (χ3n) is 5.18. The van der Waals surface area contributed by atoms with Crippen molar-refractivity contribution in [1.82, 2.24) is 0 Å². The fourth-order valence-corrected chi connectivity index (χ4v) is 3.98. The van der Waals surface area contributed by atoms with E-state index in [1.165, 1.54) is 0 Å². The third kappa shape index (κ3) is 2.97. The van der Waals surface area contributed by atoms with E-state index >= 15 is 0 Å². The highest BCUT2D eigenvalue weighted by Gasteiger charge is 2.49. The van der Waals surface area contributed by atoms with Crippen molar-refractivity contribution in [2.45, 2.75) is 5.41 Å². The van der Waals surface area contributed by atoms with Gasteiger partial charge in [0.2, 0.25) is 0 Å². The Labute approximate surface area is 174 Å². The number of aliphatic imine (C=N–C) groups is 1. The summed E-state index contributed by atoms with van der Waals surface area (Å²) in [5, 5.41) is 10.7. The van der Waals surface area contributed by atoms with Crippen LogP contribution in [-0.4, -0.2) is 12.8 Å². The molecule has 1 unspecified atom stereocenters. The quantitative estimate of drug-likeness (QED) is 0.682. The lowest BCUT2D eigenvalue weighted by atomic mass is 9.65. The van der Waals surface area contributed by atoms with Crippen molar-refractivity contribution in [3.05, 3.63) is 112 Å². The lowest BCUT2D eigenvalue weighted by molar-refractivity contribution is 0.415. The van der Waals surface area contributed by atoms with Crippen LogP contribution < -0.4 is 10.5 Å². The molecule has 0 amide bonds. The molecular weight excluding hydrogens is 382 g/mol. The number of nitrogens with zero attached hydrogens (tertiary/aromatic N) is 2. The third-order valence-corrected chi connectivity index (χ3v) is 5.43. The number of methoxy groups -OCH3 is 1. The molecule has 4 nitrogen and oxygen atoms in total. The molecule has 1 heterocycles. The predicted octanol–water partition coefficient (Wildman–Crippen LogP) is 4.83. The molecule has 2 N–H and O–H groups in total. The fourth-order valence-electron chi connectivity index (χ4n) is 3.86. The average molecular weight is 400 g/mol. The minimum absolute atomic E-state index is 0.220. The molecule has 0 radical (unpaired) electrons. The van der Waals surface area contributed by atoms with Crippen molar-refractivity contribution >= 4 is 17.3 Å². The number of allylic oxidation sites excluding steroid dienone is 1. The number of nitrogens with two attached hydrogens (primary N) is 1. The van der Waals surface area contributed by atoms with E-state index in [9.17, 15) is 5.26 Å². The standard InChI is InChI=1S/C24H18ClN3O/c1-29-20-13-7-16(8-14-20)22-24(17-5-3-2-4-6-17,21(15-26)23(27)28-22)18-9-11-19(25)12-10-18/h2-14H,27H2,1H3. The number of rotatable bonds is 4. The van der Waals surface area contributed by atoms with Crippen molar-refractivity contribution in [3.63, 3.8) is 0 Å². The molecule has 29 heavy (non-hydrogen) atoms. The van der Waals surface area contributed by atoms with Crippen molar-refractivity contribution < 1.29 is 4.74 Å². The number of halogens is 1. The van der Waals surface area contributed by atoms with E-state index in [4.69, 9.17) is 22.1 Å². The lowest BCUT2D eigenvalue weighted by Gasteiger charge is -2.33. The van der Waals surface area contributed by atoms with E-state index in [-0.39, 0.29) is 5.82 Å². The van der Waals surface area contributed by atoms with Crippen LogP contribution in [-0.2, 0) is 5.41 Å². The predicted molar refractivity (Wildman–Crippen MR) is 115 cm³/mol. The van der Waals surface area contributed by atoms with Crippen molar-refractivity contribution in [2.75, 3.05) is 7.11 Å². The normalized spacial score (nSPS) is 18.3. The molecule has 1 aliphatic heterocycles. The average Bonchev–Trinajstić information content (AvgIpc) is 3.07. The van der Waals surface area contributed by atoms with E-state index in [1.54, 1.807) is 7.11 Å². The van der Waals surface area contributed by atoms with Crippen LogP contribution in [0.2, 0.25) is 5.02 Å². The van der Waals surface area contributed by atoms with Crippen LogP contribution in [0.25, 0.3) is 0 Å². The number of hydrogen-bond donors (Lipinski definition) is 1. The molecule has 1 atom stereocenters. The Balaban J connectivity index is 2.05. The van der Waals surface area contributed by atoms with Gasteiger partial charge in [-0.3, -0.25) is 0 Å². The maximum atomic E-state index is 10.1. The molecule has 142 valence electrons. The topological polar surface area (TPSA) is 71.4 Å². The van der Waals surface area contributed by atoms with Gasteiger partial charge in [0, 0.05) is 5.02 Å². The number of benzene rings is 3. The lowest BCUT2D eigenvalue weighted by Crippen LogP contribution is -2.37. The number of hydrogen-bond acceptors (Lipinski definition) is 4. The van der Waals surface area contributed by atoms with Crippen LogP contribution >= 0.6 is 11.6 Å². The van der Waals surface area contributed by atoms with Crippen LogP contribution in [0.5, 0.6) is 5.75 Å². The first kappa shape index (κ1) is 18.8. The van der Waals surface area contributed by atoms with E-state index in [2.05, 4.69) is 11.1 Å². The fraction of sp³-hybridized carbons (Fsp3) is 0.0833. The molecule has 3 aromatic carbocycles. The Kier molecular flexibility index (Phi) is 4.84. The smallest absolute Gasteiger partial charge is 0.139 e. The molecule has 3 aromatic rings. The molecule has 0 saturated heterocycles. The minimum Gasteiger partial charge on any atom is -0.497 e. The summed E-state index contributed by atoms with van der Waals surface area (Å²) in [6, 6.07) is 27.2. The summed E-state index contributed by atoms with van der Waals surface area (Å²) >= 11 is 6.15. The molecule has 0 fully saturated rings. The first-order valence-electron chi connectivity index (χ1n) is 9.06. The summed E-state index contributed by atoms with van der Waals surface area (Å²) in [4.78, 5) is 4.67. The summed E-state index contributed by atoms with van der Waals surface area (Å²) < 4.78 is 5.29. The Morgan fingerprint density at radius 1 is 0.931 bits per heavy atom. The highest BCUT2D eigenvalue weighted by atomic mass is 35.5. The largest absolute Gasteiger partial charge is 0.497 e. The Morgan fingerprint density at radius 2 is 1.55 bits per heavy atom. The molecule has 5 heteroatoms. The van der Waals surface area contributed by atoms with Gasteiger partial charge < -0.3 is 10.5 Å². The number of ether oxygens (including phenoxy) is 1. The van der Waals surface area contributed by atoms with Gasteiger partial charge in [0.15, 0.2) is 0 Å². The Morgan fingerprint density at radius 3 is 2.14 bits per heavy atom. The SMILES string of the molecule is COc1ccc(C2=NC(N)=C(C#N)C2(c2ccccc2)c2ccc(Cl)cc2)cc1. The van der Waals surface area contributed by atoms with Crippen LogP contribution in [0.15, 0.2) is 95.2 Å². The van der Waals surface area contributed by atoms with Gasteiger partial charge >= 0.3 is 0 Å². The van der Waals surface area contributed by atoms with Crippen LogP contribution in [0.1, 0.15) is 16.7 Å². The second kappa shape index (κ2) is 7.46. The van der Waals surface area contributed by atoms with Crippen LogP contribution in [0, 0.1) is 11.3 Å². The van der Waals surface area contributed by atoms with Crippen LogP contribution in [0.3, 0.4) is 0 Å². The zero-order valence-corrected chi connectivity index (χ0v) is 16.5. The van der Waals surface area contributed by atoms with Gasteiger partial charge in [-0.15, -0.1) is 0 Å². The van der Waals surface area contributed by atoms with Gasteiger partial charge in [-0.25, -0.2) is 4.99 Å². The number of nitriles is 1. The van der Waals surface area contributed by atoms with E-state index < -0.39 is 5.41 Å². The van der Waals surface area contributed by atoms with E-state index in [0.29, 0.717) is 16.3 Å². The van der Waals surface area contributed by atoms with Gasteiger partial charge in [-0.2, -0.15) is 5.26 Å². The molecule has 1 aliphatic rings. The molecule has 0 bridgehead atoms. The summed E-state index contributed by atoms with van der Waals surface area (Å²) in [5.74, 6) is 0.961. The summed E-state index contributed by atoms with van der Waals surface area (Å²) in [6.45, 7) is 0. The van der Waals surface area contributed by atoms with Gasteiger partial charge in [0.05, 0.1) is 18.4 Å². The minimum atomic E-state index is -0.931. The molecule has 4 rings (SSSR count). The van der Waals surface area contributed by atoms with Crippen molar-refractivity contribution in [2.24, 2.45) is 10.7 Å². The Hall–Kier alpha value is -3.55. The van der Waals surface area contributed by atoms with Crippen molar-refractivity contribution in [1.29, 1.82) is 5.26 Å². The molecule has 0 saturated carbocycles.